The van der Waals surface area contributed by atoms with Gasteiger partial charge >= 0.3 is 91.4 Å². The zero-order valence-electron chi connectivity index (χ0n) is 13.3. The molecule has 1 saturated heterocycles. The molecule has 23 heavy (non-hydrogen) atoms. The van der Waals surface area contributed by atoms with Crippen LogP contribution >= 0.6 is 43.3 Å². The molecule has 0 aliphatic carbocycles. The van der Waals surface area contributed by atoms with Crippen LogP contribution < -0.4 is 4.74 Å². The van der Waals surface area contributed by atoms with Gasteiger partial charge in [0.15, 0.2) is 0 Å². The first kappa shape index (κ1) is 24.8. The van der Waals surface area contributed by atoms with Crippen LogP contribution in [-0.4, -0.2) is 38.8 Å². The molecule has 0 bridgehead atoms. The van der Waals surface area contributed by atoms with Crippen molar-refractivity contribution in [1.82, 2.24) is 8.61 Å². The van der Waals surface area contributed by atoms with E-state index in [1.807, 2.05) is 35.8 Å². The Labute approximate surface area is 186 Å². The SMILES string of the molecule is CSN1[CH-]N(SC)CC1.C[CH-]Oc1ccccc1[CH]=[Ru]([Cl])[Cl].[Y]. The molecule has 0 aromatic heterocycles. The zero-order valence-corrected chi connectivity index (χ0v) is 21.0. The fourth-order valence-electron chi connectivity index (χ4n) is 1.62. The van der Waals surface area contributed by atoms with Crippen LogP contribution in [0.5, 0.6) is 5.75 Å². The van der Waals surface area contributed by atoms with Gasteiger partial charge in [-0.1, -0.05) is 0 Å². The molecule has 1 aliphatic rings. The number of nitrogens with zero attached hydrogens (tertiary/aromatic N) is 2. The molecule has 0 atom stereocenters. The van der Waals surface area contributed by atoms with Crippen LogP contribution in [-0.2, 0) is 46.2 Å². The van der Waals surface area contributed by atoms with Crippen molar-refractivity contribution in [2.45, 2.75) is 6.92 Å². The Balaban J connectivity index is 0.000000427. The van der Waals surface area contributed by atoms with Gasteiger partial charge in [-0.15, -0.1) is 23.9 Å². The van der Waals surface area contributed by atoms with Gasteiger partial charge in [0.05, 0.1) is 0 Å². The third-order valence-electron chi connectivity index (χ3n) is 2.62. The summed E-state index contributed by atoms with van der Waals surface area (Å²) in [5.74, 6) is 0.796. The van der Waals surface area contributed by atoms with E-state index in [2.05, 4.69) is 27.8 Å². The predicted octanol–water partition coefficient (Wildman–Crippen LogP) is 4.60. The molecule has 131 valence electrons. The normalized spacial score (nSPS) is 15.3. The van der Waals surface area contributed by atoms with E-state index < -0.39 is 13.5 Å². The molecular formula is C14H20Cl2N2ORuS2Y-2. The fourth-order valence-corrected chi connectivity index (χ4v) is 4.43. The Bertz CT molecular complexity index is 472. The van der Waals surface area contributed by atoms with E-state index >= 15 is 0 Å². The first-order chi connectivity index (χ1) is 10.6. The summed E-state index contributed by atoms with van der Waals surface area (Å²) in [4.78, 5) is 0. The average molecular weight is 557 g/mol. The maximum atomic E-state index is 5.77. The van der Waals surface area contributed by atoms with Crippen molar-refractivity contribution in [2.24, 2.45) is 0 Å². The van der Waals surface area contributed by atoms with E-state index in [0.717, 1.165) is 24.4 Å². The molecule has 1 heterocycles. The van der Waals surface area contributed by atoms with Crippen LogP contribution in [0.2, 0.25) is 0 Å². The summed E-state index contributed by atoms with van der Waals surface area (Å²) in [5, 5.41) is 0. The largest absolute Gasteiger partial charge is 0 e. The van der Waals surface area contributed by atoms with Crippen molar-refractivity contribution in [3.8, 4) is 5.75 Å². The molecule has 1 aromatic rings. The Morgan fingerprint density at radius 1 is 1.22 bits per heavy atom. The van der Waals surface area contributed by atoms with Crippen molar-refractivity contribution in [3.63, 3.8) is 0 Å². The van der Waals surface area contributed by atoms with Crippen molar-refractivity contribution >= 4 is 47.9 Å². The average Bonchev–Trinajstić information content (AvgIpc) is 2.98. The van der Waals surface area contributed by atoms with Gasteiger partial charge in [-0.3, -0.25) is 0 Å². The number of para-hydroxylation sites is 1. The minimum atomic E-state index is -1.76. The molecular weight excluding hydrogens is 537 g/mol. The van der Waals surface area contributed by atoms with Crippen LogP contribution in [0.15, 0.2) is 24.3 Å². The summed E-state index contributed by atoms with van der Waals surface area (Å²) < 4.78 is 11.6. The van der Waals surface area contributed by atoms with Crippen LogP contribution in [0, 0.1) is 13.3 Å². The summed E-state index contributed by atoms with van der Waals surface area (Å²) in [6.07, 6.45) is 4.20. The molecule has 1 aromatic carbocycles. The van der Waals surface area contributed by atoms with Gasteiger partial charge < -0.3 is 8.61 Å². The minimum absolute atomic E-state index is 0. The smallest absolute Gasteiger partial charge is 0 e. The second kappa shape index (κ2) is 14.9. The third-order valence-corrected chi connectivity index (χ3v) is 5.94. The van der Waals surface area contributed by atoms with Crippen molar-refractivity contribution in [2.75, 3.05) is 25.6 Å². The number of hydrogen-bond acceptors (Lipinski definition) is 5. The molecule has 1 radical (unpaired) electrons. The summed E-state index contributed by atoms with van der Waals surface area (Å²) in [5.41, 5.74) is 0.962. The van der Waals surface area contributed by atoms with E-state index in [1.54, 1.807) is 30.5 Å². The van der Waals surface area contributed by atoms with Crippen LogP contribution in [0.1, 0.15) is 12.5 Å². The van der Waals surface area contributed by atoms with E-state index in [-0.39, 0.29) is 32.7 Å². The van der Waals surface area contributed by atoms with Gasteiger partial charge in [0.1, 0.15) is 0 Å². The predicted molar refractivity (Wildman–Crippen MR) is 98.7 cm³/mol. The van der Waals surface area contributed by atoms with Crippen molar-refractivity contribution in [1.29, 1.82) is 0 Å². The quantitative estimate of drug-likeness (QED) is 0.298. The van der Waals surface area contributed by atoms with Crippen LogP contribution in [0.25, 0.3) is 0 Å². The molecule has 3 nitrogen and oxygen atoms in total. The minimum Gasteiger partial charge on any atom is 0 e. The summed E-state index contributed by atoms with van der Waals surface area (Å²) in [6, 6.07) is 7.66. The summed E-state index contributed by atoms with van der Waals surface area (Å²) >= 11 is 1.79. The van der Waals surface area contributed by atoms with E-state index in [1.165, 1.54) is 0 Å². The molecule has 9 heteroatoms. The molecule has 0 N–H and O–H groups in total. The summed E-state index contributed by atoms with van der Waals surface area (Å²) in [7, 11) is 11.5. The van der Waals surface area contributed by atoms with Gasteiger partial charge in [0.2, 0.25) is 0 Å². The van der Waals surface area contributed by atoms with Crippen LogP contribution in [0.3, 0.4) is 0 Å². The molecule has 1 fully saturated rings. The maximum Gasteiger partial charge on any atom is 0 e. The van der Waals surface area contributed by atoms with Gasteiger partial charge in [-0.05, 0) is 25.6 Å². The fraction of sp³-hybridized carbons (Fsp3) is 0.357. The first-order valence-electron chi connectivity index (χ1n) is 6.44. The Hall–Kier alpha value is 1.82. The number of rotatable bonds is 5. The molecule has 0 spiro atoms. The maximum absolute atomic E-state index is 5.77. The second-order valence-corrected chi connectivity index (χ2v) is 11.4. The number of halogens is 2. The van der Waals surface area contributed by atoms with E-state index in [4.69, 9.17) is 24.1 Å². The van der Waals surface area contributed by atoms with Gasteiger partial charge in [0, 0.05) is 32.7 Å². The topological polar surface area (TPSA) is 15.7 Å². The Morgan fingerprint density at radius 2 is 1.78 bits per heavy atom. The standard InChI is InChI=1S/C9H9O.C5H11N2S2.2ClH.Ru.Y/c1-3-10-9-7-5-4-6-8(9)2;1-8-6-3-4-7(5-6)9-2;;;;/h2-7H,1H3;5H,3-4H2,1-2H3;2*1H;;/q2*-1;;;+2;/p-2. The molecule has 0 amide bonds. The molecule has 1 aliphatic heterocycles. The number of benzene rings is 1. The molecule has 2 rings (SSSR count). The molecule has 0 unspecified atom stereocenters. The zero-order chi connectivity index (χ0) is 16.4. The number of ether oxygens (including phenoxy) is 1. The van der Waals surface area contributed by atoms with Gasteiger partial charge in [-0.2, -0.15) is 6.67 Å². The number of hydrogen-bond donors (Lipinski definition) is 0. The summed E-state index contributed by atoms with van der Waals surface area (Å²) in [6.45, 7) is 7.92. The van der Waals surface area contributed by atoms with E-state index in [0.29, 0.717) is 0 Å². The Kier molecular flexibility index (Phi) is 16.1. The third kappa shape index (κ3) is 10.5. The molecule has 0 saturated carbocycles. The van der Waals surface area contributed by atoms with Crippen LogP contribution in [0.4, 0.5) is 0 Å². The monoisotopic (exact) mass is 557 g/mol. The second-order valence-electron chi connectivity index (χ2n) is 3.96. The first-order valence-corrected chi connectivity index (χ1v) is 14.3. The van der Waals surface area contributed by atoms with Crippen molar-refractivity contribution in [3.05, 3.63) is 43.1 Å². The van der Waals surface area contributed by atoms with Gasteiger partial charge in [0.25, 0.3) is 0 Å². The van der Waals surface area contributed by atoms with E-state index in [9.17, 15) is 0 Å². The Morgan fingerprint density at radius 3 is 2.22 bits per heavy atom. The van der Waals surface area contributed by atoms with Crippen molar-refractivity contribution < 1.29 is 51.0 Å². The van der Waals surface area contributed by atoms with Gasteiger partial charge in [-0.25, -0.2) is 0 Å².